The molecular weight excluding hydrogens is 783 g/mol. The molecule has 13 nitrogen and oxygen atoms in total. The zero-order valence-electron chi connectivity index (χ0n) is 37.9. The Morgan fingerprint density at radius 2 is 1.77 bits per heavy atom. The van der Waals surface area contributed by atoms with E-state index in [2.05, 4.69) is 89.2 Å². The lowest BCUT2D eigenvalue weighted by atomic mass is 9.84. The van der Waals surface area contributed by atoms with Gasteiger partial charge in [0.15, 0.2) is 0 Å². The summed E-state index contributed by atoms with van der Waals surface area (Å²) >= 11 is 0. The number of methoxy groups -OCH3 is 1. The number of alkyl carbamates (subject to hydrolysis) is 1. The first-order valence-corrected chi connectivity index (χ1v) is 22.6. The summed E-state index contributed by atoms with van der Waals surface area (Å²) in [6.45, 7) is 19.2. The quantitative estimate of drug-likeness (QED) is 0.181. The lowest BCUT2D eigenvalue weighted by molar-refractivity contribution is -0.155. The highest BCUT2D eigenvalue weighted by Gasteiger charge is 2.37. The van der Waals surface area contributed by atoms with Crippen molar-refractivity contribution in [3.05, 3.63) is 71.5 Å². The molecule has 1 saturated carbocycles. The number of pyridine rings is 1. The summed E-state index contributed by atoms with van der Waals surface area (Å²) in [4.78, 5) is 51.6. The normalized spacial score (nSPS) is 21.9. The molecule has 2 aromatic heterocycles. The van der Waals surface area contributed by atoms with Crippen LogP contribution in [0.1, 0.15) is 97.1 Å². The van der Waals surface area contributed by atoms with Gasteiger partial charge < -0.3 is 29.0 Å². The molecule has 6 bridgehead atoms. The molecule has 2 saturated heterocycles. The van der Waals surface area contributed by atoms with E-state index in [0.717, 1.165) is 89.0 Å². The molecule has 332 valence electrons. The zero-order chi connectivity index (χ0) is 43.9. The average Bonchev–Trinajstić information content (AvgIpc) is 4.07. The number of nitrogens with one attached hydrogen (secondary N) is 2. The highest BCUT2D eigenvalue weighted by atomic mass is 16.6. The van der Waals surface area contributed by atoms with Gasteiger partial charge in [0.25, 0.3) is 5.91 Å². The number of hydrazine groups is 1. The van der Waals surface area contributed by atoms with Crippen LogP contribution in [0, 0.1) is 5.41 Å². The maximum atomic E-state index is 14.2. The van der Waals surface area contributed by atoms with E-state index in [0.29, 0.717) is 25.8 Å². The highest BCUT2D eigenvalue weighted by Crippen LogP contribution is 2.43. The second-order valence-corrected chi connectivity index (χ2v) is 19.4. The van der Waals surface area contributed by atoms with E-state index in [1.54, 1.807) is 27.9 Å². The van der Waals surface area contributed by atoms with E-state index in [1.165, 1.54) is 23.4 Å². The van der Waals surface area contributed by atoms with Crippen LogP contribution in [0.3, 0.4) is 0 Å². The first kappa shape index (κ1) is 43.7. The second kappa shape index (κ2) is 17.7. The van der Waals surface area contributed by atoms with Crippen LogP contribution >= 0.6 is 0 Å². The van der Waals surface area contributed by atoms with Gasteiger partial charge in [-0.3, -0.25) is 24.5 Å². The molecule has 5 heterocycles. The SMILES string of the molecule is CCn1c(-c2cc(N3CCN(C4CC4)CC3)cnc2[C@H](C)OC)c2c3cc(ccc31)-c1cccc(c1)C[C@H](NC(=O)OC(C)(C)C)C(=O)N1CCC[C@H](N1)C(=O)OCC(C)(C)C2. The van der Waals surface area contributed by atoms with Gasteiger partial charge in [0, 0.05) is 80.7 Å². The van der Waals surface area contributed by atoms with E-state index in [-0.39, 0.29) is 25.0 Å². The minimum absolute atomic E-state index is 0.172. The van der Waals surface area contributed by atoms with Gasteiger partial charge in [-0.2, -0.15) is 0 Å². The minimum Gasteiger partial charge on any atom is -0.464 e. The molecule has 2 amide bonds. The predicted octanol–water partition coefficient (Wildman–Crippen LogP) is 7.44. The summed E-state index contributed by atoms with van der Waals surface area (Å²) in [6.07, 6.45) is 5.67. The van der Waals surface area contributed by atoms with Crippen LogP contribution in [0.25, 0.3) is 33.3 Å². The number of aromatic nitrogens is 2. The number of benzene rings is 2. The molecule has 3 fully saturated rings. The molecule has 4 aliphatic rings. The minimum atomic E-state index is -0.953. The van der Waals surface area contributed by atoms with Gasteiger partial charge in [-0.1, -0.05) is 44.2 Å². The number of anilines is 1. The molecular formula is C49H65N7O6. The Morgan fingerprint density at radius 1 is 1.02 bits per heavy atom. The largest absolute Gasteiger partial charge is 0.464 e. The number of amides is 2. The Morgan fingerprint density at radius 3 is 2.48 bits per heavy atom. The molecule has 1 aliphatic carbocycles. The lowest BCUT2D eigenvalue weighted by Gasteiger charge is -2.36. The van der Waals surface area contributed by atoms with Crippen molar-refractivity contribution < 1.29 is 28.6 Å². The Labute approximate surface area is 366 Å². The third-order valence-electron chi connectivity index (χ3n) is 12.8. The molecule has 3 atom stereocenters. The van der Waals surface area contributed by atoms with Gasteiger partial charge in [0.05, 0.1) is 36.0 Å². The van der Waals surface area contributed by atoms with Crippen molar-refractivity contribution in [2.45, 2.75) is 123 Å². The molecule has 13 heteroatoms. The van der Waals surface area contributed by atoms with Crippen molar-refractivity contribution in [2.24, 2.45) is 5.41 Å². The number of fused-ring (bicyclic) bond motifs is 6. The number of carbonyl (C=O) groups excluding carboxylic acids is 3. The zero-order valence-corrected chi connectivity index (χ0v) is 37.9. The maximum Gasteiger partial charge on any atom is 0.408 e. The van der Waals surface area contributed by atoms with E-state index in [9.17, 15) is 14.4 Å². The topological polar surface area (TPSA) is 130 Å². The number of nitrogens with zero attached hydrogens (tertiary/aromatic N) is 5. The van der Waals surface area contributed by atoms with Crippen LogP contribution in [0.4, 0.5) is 10.5 Å². The van der Waals surface area contributed by atoms with E-state index < -0.39 is 35.2 Å². The van der Waals surface area contributed by atoms with Crippen LogP contribution in [0.2, 0.25) is 0 Å². The van der Waals surface area contributed by atoms with Crippen LogP contribution < -0.4 is 15.6 Å². The molecule has 3 aliphatic heterocycles. The fourth-order valence-electron chi connectivity index (χ4n) is 9.43. The molecule has 0 unspecified atom stereocenters. The first-order chi connectivity index (χ1) is 29.6. The third-order valence-corrected chi connectivity index (χ3v) is 12.8. The first-order valence-electron chi connectivity index (χ1n) is 22.6. The van der Waals surface area contributed by atoms with Crippen molar-refractivity contribution in [2.75, 3.05) is 51.3 Å². The van der Waals surface area contributed by atoms with Gasteiger partial charge in [-0.05, 0) is 107 Å². The van der Waals surface area contributed by atoms with Gasteiger partial charge in [-0.15, -0.1) is 0 Å². The summed E-state index contributed by atoms with van der Waals surface area (Å²) < 4.78 is 20.2. The number of esters is 1. The number of cyclic esters (lactones) is 1. The molecule has 2 aromatic carbocycles. The third kappa shape index (κ3) is 9.50. The fraction of sp³-hybridized carbons (Fsp3) is 0.551. The summed E-state index contributed by atoms with van der Waals surface area (Å²) in [5, 5.41) is 5.43. The maximum absolute atomic E-state index is 14.2. The summed E-state index contributed by atoms with van der Waals surface area (Å²) in [7, 11) is 1.74. The smallest absolute Gasteiger partial charge is 0.408 e. The Kier molecular flexibility index (Phi) is 12.4. The van der Waals surface area contributed by atoms with Gasteiger partial charge >= 0.3 is 12.1 Å². The van der Waals surface area contributed by atoms with Crippen LogP contribution in [0.15, 0.2) is 54.7 Å². The second-order valence-electron chi connectivity index (χ2n) is 19.4. The fourth-order valence-corrected chi connectivity index (χ4v) is 9.43. The molecule has 8 rings (SSSR count). The van der Waals surface area contributed by atoms with Crippen LogP contribution in [-0.2, 0) is 43.2 Å². The monoisotopic (exact) mass is 847 g/mol. The van der Waals surface area contributed by atoms with Gasteiger partial charge in [0.1, 0.15) is 17.7 Å². The molecule has 62 heavy (non-hydrogen) atoms. The van der Waals surface area contributed by atoms with Crippen molar-refractivity contribution in [1.82, 2.24) is 30.2 Å². The Balaban J connectivity index is 1.26. The Bertz CT molecular complexity index is 2300. The van der Waals surface area contributed by atoms with E-state index >= 15 is 0 Å². The van der Waals surface area contributed by atoms with Crippen molar-refractivity contribution in [3.63, 3.8) is 0 Å². The van der Waals surface area contributed by atoms with Gasteiger partial charge in [-0.25, -0.2) is 10.2 Å². The van der Waals surface area contributed by atoms with E-state index in [1.807, 2.05) is 18.3 Å². The molecule has 0 spiro atoms. The standard InChI is InChI=1S/C49H65N7O6/c1-9-55-42-18-15-34-26-37(42)39(44(55)38-27-36(29-50-43(38)31(2)60-8)54-22-20-53(21-23-54)35-16-17-35)28-49(6,7)30-61-46(58)40-14-11-19-56(52-40)45(57)41(51-47(59)62-48(3,4)5)25-32-12-10-13-33(34)24-32/h10,12-13,15,18,24,26-27,29,31,35,40-41,52H,9,11,14,16-17,19-23,25,28,30H2,1-8H3,(H,51,59)/t31-,40-,41-/m0/s1. The number of hydrogen-bond donors (Lipinski definition) is 2. The van der Waals surface area contributed by atoms with Crippen molar-refractivity contribution >= 4 is 34.6 Å². The molecule has 2 N–H and O–H groups in total. The number of ether oxygens (including phenoxy) is 3. The average molecular weight is 848 g/mol. The number of piperazine rings is 1. The number of aryl methyl sites for hydroxylation is 1. The Hall–Kier alpha value is -4.98. The summed E-state index contributed by atoms with van der Waals surface area (Å²) in [5.41, 5.74) is 11.2. The van der Waals surface area contributed by atoms with Gasteiger partial charge in [0.2, 0.25) is 0 Å². The van der Waals surface area contributed by atoms with Crippen molar-refractivity contribution in [1.29, 1.82) is 0 Å². The lowest BCUT2D eigenvalue weighted by Crippen LogP contribution is -2.60. The predicted molar refractivity (Wildman–Crippen MR) is 242 cm³/mol. The van der Waals surface area contributed by atoms with Crippen LogP contribution in [0.5, 0.6) is 0 Å². The summed E-state index contributed by atoms with van der Waals surface area (Å²) in [6, 6.07) is 16.2. The molecule has 0 radical (unpaired) electrons. The molecule has 4 aromatic rings. The van der Waals surface area contributed by atoms with E-state index in [4.69, 9.17) is 19.2 Å². The highest BCUT2D eigenvalue weighted by molar-refractivity contribution is 5.96. The number of carbonyl (C=O) groups is 3. The van der Waals surface area contributed by atoms with Crippen molar-refractivity contribution in [3.8, 4) is 22.4 Å². The van der Waals surface area contributed by atoms with Crippen LogP contribution in [-0.4, -0.2) is 108 Å². The summed E-state index contributed by atoms with van der Waals surface area (Å²) in [5.74, 6) is -0.754. The number of hydrogen-bond acceptors (Lipinski definition) is 10. The number of rotatable bonds is 7.